The normalized spacial score (nSPS) is 13.4. The van der Waals surface area contributed by atoms with Crippen LogP contribution in [0.1, 0.15) is 40.2 Å². The highest BCUT2D eigenvalue weighted by Gasteiger charge is 2.29. The molecule has 0 spiro atoms. The molecule has 0 unspecified atom stereocenters. The minimum Gasteiger partial charge on any atom is -0.497 e. The van der Waals surface area contributed by atoms with Crippen molar-refractivity contribution in [1.82, 2.24) is 5.32 Å². The number of ether oxygens (including phenoxy) is 1. The van der Waals surface area contributed by atoms with E-state index in [0.29, 0.717) is 12.1 Å². The number of carbonyl (C=O) groups is 1. The van der Waals surface area contributed by atoms with Crippen LogP contribution in [0.2, 0.25) is 0 Å². The van der Waals surface area contributed by atoms with Gasteiger partial charge < -0.3 is 10.1 Å². The number of nitrogens with one attached hydrogen (secondary N) is 1. The van der Waals surface area contributed by atoms with Crippen LogP contribution in [0.25, 0.3) is 0 Å². The van der Waals surface area contributed by atoms with E-state index in [0.717, 1.165) is 29.7 Å². The van der Waals surface area contributed by atoms with Crippen molar-refractivity contribution in [3.05, 3.63) is 69.3 Å². The fraction of sp³-hybridized carbons (Fsp3) is 0.278. The lowest BCUT2D eigenvalue weighted by atomic mass is 10.0. The highest BCUT2D eigenvalue weighted by atomic mass is 16.6. The Bertz CT molecular complexity index is 767. The van der Waals surface area contributed by atoms with Crippen molar-refractivity contribution in [1.29, 1.82) is 0 Å². The molecule has 0 atom stereocenters. The summed E-state index contributed by atoms with van der Waals surface area (Å²) in [6.07, 6.45) is 1.94. The number of hydrogen-bond acceptors (Lipinski definition) is 4. The van der Waals surface area contributed by atoms with Crippen molar-refractivity contribution >= 4 is 11.6 Å². The molecule has 1 amide bonds. The summed E-state index contributed by atoms with van der Waals surface area (Å²) in [6, 6.07) is 11.9. The van der Waals surface area contributed by atoms with Crippen molar-refractivity contribution in [2.75, 3.05) is 7.11 Å². The Balaban J connectivity index is 1.73. The minimum absolute atomic E-state index is 0.0311. The van der Waals surface area contributed by atoms with Crippen LogP contribution in [0, 0.1) is 10.1 Å². The molecule has 1 aliphatic carbocycles. The predicted octanol–water partition coefficient (Wildman–Crippen LogP) is 3.41. The van der Waals surface area contributed by atoms with Crippen molar-refractivity contribution in [2.24, 2.45) is 0 Å². The summed E-state index contributed by atoms with van der Waals surface area (Å²) in [4.78, 5) is 23.0. The molecular formula is C18H18N2O4. The summed E-state index contributed by atoms with van der Waals surface area (Å²) < 4.78 is 5.10. The standard InChI is InChI=1S/C18H18N2O4/c1-24-15-7-2-12(3-8-15)11-19-18(21)16-9-6-14(20(22)23)10-17(16)13-4-5-13/h2-3,6-10,13H,4-5,11H2,1H3,(H,19,21). The van der Waals surface area contributed by atoms with Gasteiger partial charge in [0.25, 0.3) is 11.6 Å². The molecule has 6 heteroatoms. The first-order chi connectivity index (χ1) is 11.6. The second-order valence-electron chi connectivity index (χ2n) is 5.83. The molecule has 0 heterocycles. The van der Waals surface area contributed by atoms with Gasteiger partial charge in [0.2, 0.25) is 0 Å². The van der Waals surface area contributed by atoms with Crippen molar-refractivity contribution < 1.29 is 14.5 Å². The molecule has 0 radical (unpaired) electrons. The number of nitrogens with zero attached hydrogens (tertiary/aromatic N) is 1. The van der Waals surface area contributed by atoms with E-state index in [4.69, 9.17) is 4.74 Å². The molecule has 124 valence electrons. The van der Waals surface area contributed by atoms with E-state index in [1.807, 2.05) is 24.3 Å². The molecule has 1 N–H and O–H groups in total. The Morgan fingerprint density at radius 1 is 1.25 bits per heavy atom. The van der Waals surface area contributed by atoms with Crippen LogP contribution in [0.5, 0.6) is 5.75 Å². The number of nitro groups is 1. The first-order valence-electron chi connectivity index (χ1n) is 7.78. The zero-order valence-corrected chi connectivity index (χ0v) is 13.3. The second-order valence-corrected chi connectivity index (χ2v) is 5.83. The fourth-order valence-electron chi connectivity index (χ4n) is 2.62. The van der Waals surface area contributed by atoms with Crippen LogP contribution in [0.15, 0.2) is 42.5 Å². The number of methoxy groups -OCH3 is 1. The zero-order valence-electron chi connectivity index (χ0n) is 13.3. The van der Waals surface area contributed by atoms with Gasteiger partial charge in [0.05, 0.1) is 12.0 Å². The summed E-state index contributed by atoms with van der Waals surface area (Å²) in [7, 11) is 1.60. The van der Waals surface area contributed by atoms with E-state index >= 15 is 0 Å². The number of hydrogen-bond donors (Lipinski definition) is 1. The van der Waals surface area contributed by atoms with Gasteiger partial charge in [-0.1, -0.05) is 12.1 Å². The van der Waals surface area contributed by atoms with E-state index in [1.165, 1.54) is 12.1 Å². The van der Waals surface area contributed by atoms with E-state index in [-0.39, 0.29) is 17.5 Å². The average Bonchev–Trinajstić information content (AvgIpc) is 3.44. The van der Waals surface area contributed by atoms with Crippen LogP contribution in [-0.4, -0.2) is 17.9 Å². The summed E-state index contributed by atoms with van der Waals surface area (Å²) in [5.74, 6) is 0.811. The number of non-ortho nitro benzene ring substituents is 1. The first-order valence-corrected chi connectivity index (χ1v) is 7.78. The molecule has 0 aliphatic heterocycles. The highest BCUT2D eigenvalue weighted by molar-refractivity contribution is 5.96. The van der Waals surface area contributed by atoms with Crippen LogP contribution in [-0.2, 0) is 6.54 Å². The largest absolute Gasteiger partial charge is 0.497 e. The smallest absolute Gasteiger partial charge is 0.269 e. The van der Waals surface area contributed by atoms with Gasteiger partial charge in [-0.3, -0.25) is 14.9 Å². The van der Waals surface area contributed by atoms with Gasteiger partial charge in [-0.2, -0.15) is 0 Å². The Labute approximate surface area is 139 Å². The zero-order chi connectivity index (χ0) is 17.1. The van der Waals surface area contributed by atoms with E-state index in [1.54, 1.807) is 13.2 Å². The molecule has 1 fully saturated rings. The summed E-state index contributed by atoms with van der Waals surface area (Å²) in [5, 5.41) is 13.8. The van der Waals surface area contributed by atoms with E-state index in [9.17, 15) is 14.9 Å². The fourth-order valence-corrected chi connectivity index (χ4v) is 2.62. The third-order valence-electron chi connectivity index (χ3n) is 4.12. The van der Waals surface area contributed by atoms with Gasteiger partial charge in [0, 0.05) is 24.2 Å². The van der Waals surface area contributed by atoms with E-state index < -0.39 is 4.92 Å². The number of nitro benzene ring substituents is 1. The van der Waals surface area contributed by atoms with Gasteiger partial charge in [0.1, 0.15) is 5.75 Å². The minimum atomic E-state index is -0.426. The topological polar surface area (TPSA) is 81.5 Å². The van der Waals surface area contributed by atoms with Crippen LogP contribution < -0.4 is 10.1 Å². The first kappa shape index (κ1) is 16.0. The van der Waals surface area contributed by atoms with Crippen molar-refractivity contribution in [2.45, 2.75) is 25.3 Å². The van der Waals surface area contributed by atoms with Crippen LogP contribution >= 0.6 is 0 Å². The molecule has 0 bridgehead atoms. The Kier molecular flexibility index (Phi) is 4.46. The Hall–Kier alpha value is -2.89. The quantitative estimate of drug-likeness (QED) is 0.651. The maximum absolute atomic E-state index is 12.5. The molecule has 2 aromatic rings. The van der Waals surface area contributed by atoms with Gasteiger partial charge in [-0.15, -0.1) is 0 Å². The number of amides is 1. The maximum Gasteiger partial charge on any atom is 0.269 e. The Morgan fingerprint density at radius 3 is 2.54 bits per heavy atom. The lowest BCUT2D eigenvalue weighted by Gasteiger charge is -2.10. The SMILES string of the molecule is COc1ccc(CNC(=O)c2ccc([N+](=O)[O-])cc2C2CC2)cc1. The summed E-state index contributed by atoms with van der Waals surface area (Å²) in [6.45, 7) is 0.393. The number of carbonyl (C=O) groups excluding carboxylic acids is 1. The van der Waals surface area contributed by atoms with Gasteiger partial charge >= 0.3 is 0 Å². The molecule has 3 rings (SSSR count). The lowest BCUT2D eigenvalue weighted by molar-refractivity contribution is -0.384. The molecule has 0 saturated heterocycles. The van der Waals surface area contributed by atoms with Crippen LogP contribution in [0.4, 0.5) is 5.69 Å². The number of rotatable bonds is 6. The van der Waals surface area contributed by atoms with Crippen molar-refractivity contribution in [3.8, 4) is 5.75 Å². The number of benzene rings is 2. The van der Waals surface area contributed by atoms with Gasteiger partial charge in [0.15, 0.2) is 0 Å². The monoisotopic (exact) mass is 326 g/mol. The maximum atomic E-state index is 12.5. The molecular weight excluding hydrogens is 308 g/mol. The van der Waals surface area contributed by atoms with E-state index in [2.05, 4.69) is 5.32 Å². The molecule has 6 nitrogen and oxygen atoms in total. The van der Waals surface area contributed by atoms with Crippen LogP contribution in [0.3, 0.4) is 0 Å². The molecule has 24 heavy (non-hydrogen) atoms. The third-order valence-corrected chi connectivity index (χ3v) is 4.12. The molecule has 0 aromatic heterocycles. The van der Waals surface area contributed by atoms with Crippen molar-refractivity contribution in [3.63, 3.8) is 0 Å². The van der Waals surface area contributed by atoms with Gasteiger partial charge in [-0.05, 0) is 48.1 Å². The predicted molar refractivity (Wildman–Crippen MR) is 89.2 cm³/mol. The molecule has 1 aliphatic rings. The molecule has 1 saturated carbocycles. The average molecular weight is 326 g/mol. The van der Waals surface area contributed by atoms with Gasteiger partial charge in [-0.25, -0.2) is 0 Å². The second kappa shape index (κ2) is 6.70. The summed E-state index contributed by atoms with van der Waals surface area (Å²) >= 11 is 0. The highest BCUT2D eigenvalue weighted by Crippen LogP contribution is 2.42. The third kappa shape index (κ3) is 3.53. The Morgan fingerprint density at radius 2 is 1.96 bits per heavy atom. The lowest BCUT2D eigenvalue weighted by Crippen LogP contribution is -2.24. The molecule has 2 aromatic carbocycles. The summed E-state index contributed by atoms with van der Waals surface area (Å²) in [5.41, 5.74) is 2.29.